The fourth-order valence-electron chi connectivity index (χ4n) is 3.72. The standard InChI is InChI=1S/C25H26F3NO3/c1-16-10-12-18(13-11-16)19-15-21(25(26,27)28)29(23(31)32-24(2,3)4)22(30)20(19)14-17-8-6-5-7-9-17/h5-13,15,19-20H,14H2,1-4H3/t19-,20+/m1/s1. The monoisotopic (exact) mass is 445 g/mol. The molecule has 0 bridgehead atoms. The highest BCUT2D eigenvalue weighted by molar-refractivity contribution is 5.97. The number of rotatable bonds is 3. The van der Waals surface area contributed by atoms with Crippen LogP contribution in [-0.2, 0) is 16.0 Å². The largest absolute Gasteiger partial charge is 0.443 e. The third-order valence-electron chi connectivity index (χ3n) is 5.18. The van der Waals surface area contributed by atoms with Crippen LogP contribution in [0.5, 0.6) is 0 Å². The molecule has 0 radical (unpaired) electrons. The van der Waals surface area contributed by atoms with Gasteiger partial charge < -0.3 is 4.74 Å². The van der Waals surface area contributed by atoms with Crippen LogP contribution in [0.4, 0.5) is 18.0 Å². The van der Waals surface area contributed by atoms with Gasteiger partial charge >= 0.3 is 12.3 Å². The van der Waals surface area contributed by atoms with E-state index in [2.05, 4.69) is 0 Å². The number of nitrogens with zero attached hydrogens (tertiary/aromatic N) is 1. The molecule has 0 aliphatic carbocycles. The van der Waals surface area contributed by atoms with Gasteiger partial charge in [0.25, 0.3) is 0 Å². The summed E-state index contributed by atoms with van der Waals surface area (Å²) in [4.78, 5) is 26.3. The van der Waals surface area contributed by atoms with E-state index in [0.717, 1.165) is 17.2 Å². The first kappa shape index (κ1) is 23.6. The summed E-state index contributed by atoms with van der Waals surface area (Å²) in [6.07, 6.45) is -5.08. The summed E-state index contributed by atoms with van der Waals surface area (Å²) < 4.78 is 47.1. The van der Waals surface area contributed by atoms with E-state index < -0.39 is 41.3 Å². The maximum atomic E-state index is 14.0. The second kappa shape index (κ2) is 8.81. The number of allylic oxidation sites excluding steroid dienone is 2. The summed E-state index contributed by atoms with van der Waals surface area (Å²) in [6.45, 7) is 6.48. The van der Waals surface area contributed by atoms with E-state index in [1.54, 1.807) is 48.5 Å². The highest BCUT2D eigenvalue weighted by Gasteiger charge is 2.51. The molecule has 0 aromatic heterocycles. The lowest BCUT2D eigenvalue weighted by Gasteiger charge is -2.37. The van der Waals surface area contributed by atoms with Crippen molar-refractivity contribution in [1.82, 2.24) is 4.90 Å². The highest BCUT2D eigenvalue weighted by Crippen LogP contribution is 2.42. The lowest BCUT2D eigenvalue weighted by Crippen LogP contribution is -2.50. The topological polar surface area (TPSA) is 46.6 Å². The Morgan fingerprint density at radius 1 is 1.00 bits per heavy atom. The molecule has 4 nitrogen and oxygen atoms in total. The van der Waals surface area contributed by atoms with E-state index in [0.29, 0.717) is 5.56 Å². The first-order valence-electron chi connectivity index (χ1n) is 10.3. The Balaban J connectivity index is 2.13. The summed E-state index contributed by atoms with van der Waals surface area (Å²) in [5.74, 6) is -2.68. The van der Waals surface area contributed by atoms with Crippen LogP contribution in [-0.4, -0.2) is 28.7 Å². The van der Waals surface area contributed by atoms with Crippen LogP contribution in [0, 0.1) is 12.8 Å². The summed E-state index contributed by atoms with van der Waals surface area (Å²) in [5, 5.41) is 0. The molecule has 1 aliphatic rings. The minimum Gasteiger partial charge on any atom is -0.443 e. The number of amides is 2. The second-order valence-electron chi connectivity index (χ2n) is 8.94. The number of carbonyl (C=O) groups excluding carboxylic acids is 2. The molecule has 32 heavy (non-hydrogen) atoms. The lowest BCUT2D eigenvalue weighted by atomic mass is 9.78. The fraction of sp³-hybridized carbons (Fsp3) is 0.360. The Bertz CT molecular complexity index is 1010. The third-order valence-corrected chi connectivity index (χ3v) is 5.18. The number of aryl methyl sites for hydroxylation is 1. The van der Waals surface area contributed by atoms with Crippen molar-refractivity contribution in [2.24, 2.45) is 5.92 Å². The van der Waals surface area contributed by atoms with Crippen LogP contribution in [0.25, 0.3) is 0 Å². The van der Waals surface area contributed by atoms with Crippen molar-refractivity contribution >= 4 is 12.0 Å². The molecule has 2 aromatic rings. The average molecular weight is 445 g/mol. The molecular formula is C25H26F3NO3. The van der Waals surface area contributed by atoms with E-state index in [1.807, 2.05) is 13.0 Å². The zero-order chi connectivity index (χ0) is 23.7. The van der Waals surface area contributed by atoms with Crippen LogP contribution in [0.3, 0.4) is 0 Å². The molecule has 0 spiro atoms. The number of ether oxygens (including phenoxy) is 1. The molecule has 1 heterocycles. The van der Waals surface area contributed by atoms with E-state index in [1.165, 1.54) is 20.8 Å². The number of hydrogen-bond acceptors (Lipinski definition) is 3. The van der Waals surface area contributed by atoms with Gasteiger partial charge in [-0.25, -0.2) is 9.69 Å². The first-order chi connectivity index (χ1) is 14.9. The number of imide groups is 1. The molecule has 0 saturated heterocycles. The Labute approximate surface area is 185 Å². The molecule has 7 heteroatoms. The zero-order valence-corrected chi connectivity index (χ0v) is 18.4. The number of benzene rings is 2. The van der Waals surface area contributed by atoms with Gasteiger partial charge in [0.2, 0.25) is 5.91 Å². The number of alkyl halides is 3. The number of carbonyl (C=O) groups is 2. The van der Waals surface area contributed by atoms with Crippen molar-refractivity contribution in [1.29, 1.82) is 0 Å². The zero-order valence-electron chi connectivity index (χ0n) is 18.4. The summed E-state index contributed by atoms with van der Waals surface area (Å²) in [5.41, 5.74) is -0.0551. The van der Waals surface area contributed by atoms with Crippen LogP contribution >= 0.6 is 0 Å². The fourth-order valence-corrected chi connectivity index (χ4v) is 3.72. The summed E-state index contributed by atoms with van der Waals surface area (Å²) in [6, 6.07) is 16.1. The molecule has 1 aliphatic heterocycles. The Kier molecular flexibility index (Phi) is 6.49. The van der Waals surface area contributed by atoms with Gasteiger partial charge in [-0.3, -0.25) is 4.79 Å². The van der Waals surface area contributed by atoms with Crippen molar-refractivity contribution in [3.63, 3.8) is 0 Å². The van der Waals surface area contributed by atoms with Crippen molar-refractivity contribution in [3.05, 3.63) is 83.1 Å². The molecule has 2 atom stereocenters. The van der Waals surface area contributed by atoms with Gasteiger partial charge in [0, 0.05) is 5.92 Å². The van der Waals surface area contributed by atoms with Gasteiger partial charge in [-0.15, -0.1) is 0 Å². The Hall–Kier alpha value is -3.09. The van der Waals surface area contributed by atoms with Crippen molar-refractivity contribution in [3.8, 4) is 0 Å². The molecular weight excluding hydrogens is 419 g/mol. The van der Waals surface area contributed by atoms with Crippen LogP contribution < -0.4 is 0 Å². The van der Waals surface area contributed by atoms with Crippen LogP contribution in [0.1, 0.15) is 43.4 Å². The maximum absolute atomic E-state index is 14.0. The van der Waals surface area contributed by atoms with Crippen LogP contribution in [0.15, 0.2) is 66.4 Å². The van der Waals surface area contributed by atoms with Gasteiger partial charge in [-0.05, 0) is 51.3 Å². The van der Waals surface area contributed by atoms with Gasteiger partial charge in [0.1, 0.15) is 11.3 Å². The van der Waals surface area contributed by atoms with E-state index in [9.17, 15) is 22.8 Å². The van der Waals surface area contributed by atoms with E-state index in [-0.39, 0.29) is 11.3 Å². The molecule has 3 rings (SSSR count). The lowest BCUT2D eigenvalue weighted by molar-refractivity contribution is -0.147. The quantitative estimate of drug-likeness (QED) is 0.568. The molecule has 0 saturated carbocycles. The highest BCUT2D eigenvalue weighted by atomic mass is 19.4. The SMILES string of the molecule is Cc1ccc([C@H]2C=C(C(F)(F)F)N(C(=O)OC(C)(C)C)C(=O)[C@H]2Cc2ccccc2)cc1. The maximum Gasteiger partial charge on any atom is 0.431 e. The molecule has 0 N–H and O–H groups in total. The minimum absolute atomic E-state index is 0.156. The van der Waals surface area contributed by atoms with Crippen LogP contribution in [0.2, 0.25) is 0 Å². The smallest absolute Gasteiger partial charge is 0.431 e. The van der Waals surface area contributed by atoms with Gasteiger partial charge in [-0.1, -0.05) is 60.2 Å². The molecule has 170 valence electrons. The first-order valence-corrected chi connectivity index (χ1v) is 10.3. The van der Waals surface area contributed by atoms with Gasteiger partial charge in [-0.2, -0.15) is 13.2 Å². The van der Waals surface area contributed by atoms with Crippen molar-refractivity contribution in [2.75, 3.05) is 0 Å². The average Bonchev–Trinajstić information content (AvgIpc) is 2.68. The molecule has 2 aromatic carbocycles. The summed E-state index contributed by atoms with van der Waals surface area (Å²) >= 11 is 0. The van der Waals surface area contributed by atoms with Gasteiger partial charge in [0.05, 0.1) is 5.92 Å². The minimum atomic E-state index is -4.91. The molecule has 2 amide bonds. The normalized spacial score (nSPS) is 19.5. The van der Waals surface area contributed by atoms with Crippen molar-refractivity contribution < 1.29 is 27.5 Å². The third kappa shape index (κ3) is 5.39. The molecule has 0 unspecified atom stereocenters. The Morgan fingerprint density at radius 3 is 2.12 bits per heavy atom. The van der Waals surface area contributed by atoms with E-state index >= 15 is 0 Å². The Morgan fingerprint density at radius 2 is 1.59 bits per heavy atom. The summed E-state index contributed by atoms with van der Waals surface area (Å²) in [7, 11) is 0. The van der Waals surface area contributed by atoms with Crippen molar-refractivity contribution in [2.45, 2.75) is 51.8 Å². The van der Waals surface area contributed by atoms with E-state index in [4.69, 9.17) is 4.74 Å². The van der Waals surface area contributed by atoms with Gasteiger partial charge in [0.15, 0.2) is 0 Å². The molecule has 0 fully saturated rings. The number of halogens is 3. The predicted octanol–water partition coefficient (Wildman–Crippen LogP) is 6.16. The second-order valence-corrected chi connectivity index (χ2v) is 8.94. The predicted molar refractivity (Wildman–Crippen MR) is 115 cm³/mol. The number of hydrogen-bond donors (Lipinski definition) is 0.